The maximum Gasteiger partial charge on any atom is 0.331 e. The fourth-order valence-corrected chi connectivity index (χ4v) is 16.4. The highest BCUT2D eigenvalue weighted by molar-refractivity contribution is 6.02. The van der Waals surface area contributed by atoms with Crippen LogP contribution in [-0.2, 0) is 20.8 Å². The SMILES string of the molecule is C/C(C(=O)O)=C1/CC[C@]2(N=C(N)N)C=C[C@@]3(C[C@@]4(O)C=C[C@]5(O)C6=C7C(=O)C[C@@]3(C)[C@]64CCC#CC[C@]3(C)C(=O)CC[C@@]7(C)[C@@H]3[C@H]5C3=Cc4ccccc4CC3)[C@H](C)[C@@H]2[C@@H]1O. The highest BCUT2D eigenvalue weighted by Gasteiger charge is 2.84. The number of aliphatic hydroxyl groups is 3. The summed E-state index contributed by atoms with van der Waals surface area (Å²) in [7, 11) is 0. The topological polar surface area (TPSA) is 197 Å². The molecule has 0 heterocycles. The number of fused-ring (bicyclic) bond motifs is 4. The summed E-state index contributed by atoms with van der Waals surface area (Å²) < 4.78 is 0. The molecular weight excluding hydrogens is 767 g/mol. The first kappa shape index (κ1) is 40.5. The van der Waals surface area contributed by atoms with E-state index in [1.165, 1.54) is 12.5 Å². The minimum atomic E-state index is -1.74. The average molecular weight is 826 g/mol. The van der Waals surface area contributed by atoms with Crippen LogP contribution in [0.4, 0.5) is 0 Å². The molecule has 3 fully saturated rings. The number of Topliss-reactive ketones (excluding diaryl/α,β-unsaturated/α-hetero) is 2. The number of guanidine groups is 1. The Morgan fingerprint density at radius 2 is 1.67 bits per heavy atom. The third-order valence-corrected chi connectivity index (χ3v) is 18.9. The predicted octanol–water partition coefficient (Wildman–Crippen LogP) is 5.90. The standard InChI is InChI=1S/C51H59N3O7/c1-28(42(58)59)33-15-20-48(54-43(52)53)22-21-47(29(2)36(48)39(33)57)27-49(60)23-24-50(61)37(32-14-13-30-11-7-8-12-31(30)25-32)40-44(3)17-9-6-10-18-51(49)41(50)38(34(55)26-46(47,51)5)45(40,4)19-16-35(44)56/h7-8,11-12,21-25,29,36-37,39-40,57,60-61H,10,13-20,26-27H2,1-5H3,(H,58,59)(H4,52,53,54)/b33-28+/t29-,36-,37-,39-,40-,44-,45-,46-,47-,48+,49+,50-,51+/m1/s1. The van der Waals surface area contributed by atoms with E-state index in [2.05, 4.69) is 50.0 Å². The van der Waals surface area contributed by atoms with Crippen molar-refractivity contribution in [2.24, 2.45) is 67.2 Å². The number of aliphatic carboxylic acids is 1. The van der Waals surface area contributed by atoms with E-state index < -0.39 is 79.6 Å². The highest BCUT2D eigenvalue weighted by Crippen LogP contribution is 2.84. The van der Waals surface area contributed by atoms with Crippen LogP contribution in [0.5, 0.6) is 0 Å². The Labute approximate surface area is 358 Å². The average Bonchev–Trinajstić information content (AvgIpc) is 3.36. The van der Waals surface area contributed by atoms with Gasteiger partial charge in [0.1, 0.15) is 11.4 Å². The van der Waals surface area contributed by atoms with Gasteiger partial charge in [-0.1, -0.05) is 81.8 Å². The maximum absolute atomic E-state index is 15.8. The van der Waals surface area contributed by atoms with Crippen molar-refractivity contribution in [3.8, 4) is 11.8 Å². The predicted molar refractivity (Wildman–Crippen MR) is 231 cm³/mol. The van der Waals surface area contributed by atoms with Crippen LogP contribution in [0.3, 0.4) is 0 Å². The number of carboxylic acid groups (broad SMARTS) is 1. The number of nitrogens with zero attached hydrogens (tertiary/aromatic N) is 1. The van der Waals surface area contributed by atoms with Crippen molar-refractivity contribution < 1.29 is 34.8 Å². The second-order valence-corrected chi connectivity index (χ2v) is 21.1. The fraction of sp³-hybridized carbons (Fsp3) is 0.569. The zero-order chi connectivity index (χ0) is 43.5. The molecule has 10 rings (SSSR count). The minimum Gasteiger partial charge on any atom is -0.478 e. The van der Waals surface area contributed by atoms with E-state index in [0.717, 1.165) is 17.6 Å². The Hall–Kier alpha value is -4.56. The molecule has 0 amide bonds. The van der Waals surface area contributed by atoms with Gasteiger partial charge in [-0.3, -0.25) is 9.59 Å². The van der Waals surface area contributed by atoms with Gasteiger partial charge in [0.05, 0.1) is 17.2 Å². The molecule has 61 heavy (non-hydrogen) atoms. The Kier molecular flexibility index (Phi) is 8.33. The lowest BCUT2D eigenvalue weighted by molar-refractivity contribution is -0.171. The molecule has 0 radical (unpaired) electrons. The van der Waals surface area contributed by atoms with Crippen LogP contribution in [0.25, 0.3) is 6.08 Å². The maximum atomic E-state index is 15.8. The lowest BCUT2D eigenvalue weighted by Gasteiger charge is -2.70. The summed E-state index contributed by atoms with van der Waals surface area (Å²) in [4.78, 5) is 47.6. The van der Waals surface area contributed by atoms with E-state index in [9.17, 15) is 30.0 Å². The van der Waals surface area contributed by atoms with Gasteiger partial charge in [-0.25, -0.2) is 9.79 Å². The van der Waals surface area contributed by atoms with Gasteiger partial charge in [0.25, 0.3) is 0 Å². The number of aliphatic hydroxyl groups excluding tert-OH is 1. The Balaban J connectivity index is 1.28. The van der Waals surface area contributed by atoms with Gasteiger partial charge in [0, 0.05) is 70.3 Å². The number of rotatable bonds is 3. The molecule has 8 N–H and O–H groups in total. The summed E-state index contributed by atoms with van der Waals surface area (Å²) in [6.07, 6.45) is 12.7. The monoisotopic (exact) mass is 825 g/mol. The highest BCUT2D eigenvalue weighted by atomic mass is 16.4. The molecule has 1 aromatic carbocycles. The van der Waals surface area contributed by atoms with Gasteiger partial charge in [-0.2, -0.15) is 0 Å². The Morgan fingerprint density at radius 1 is 0.918 bits per heavy atom. The molecule has 0 saturated heterocycles. The van der Waals surface area contributed by atoms with Crippen LogP contribution >= 0.6 is 0 Å². The normalized spacial score (nSPS) is 47.1. The quantitative estimate of drug-likeness (QED) is 0.0707. The molecule has 2 spiro atoms. The Bertz CT molecular complexity index is 2500. The zero-order valence-electron chi connectivity index (χ0n) is 36.0. The summed E-state index contributed by atoms with van der Waals surface area (Å²) >= 11 is 0. The lowest BCUT2D eigenvalue weighted by Crippen LogP contribution is -2.71. The molecule has 10 nitrogen and oxygen atoms in total. The molecule has 10 heteroatoms. The van der Waals surface area contributed by atoms with Gasteiger partial charge in [-0.05, 0) is 97.5 Å². The molecular formula is C51H59N3O7. The molecule has 13 atom stereocenters. The first-order valence-corrected chi connectivity index (χ1v) is 22.3. The summed E-state index contributed by atoms with van der Waals surface area (Å²) in [5.74, 6) is 3.41. The largest absolute Gasteiger partial charge is 0.478 e. The molecule has 4 bridgehead atoms. The third-order valence-electron chi connectivity index (χ3n) is 18.9. The number of hydrogen-bond donors (Lipinski definition) is 6. The molecule has 9 aliphatic carbocycles. The van der Waals surface area contributed by atoms with E-state index in [1.54, 1.807) is 6.08 Å². The van der Waals surface area contributed by atoms with Crippen LogP contribution in [0, 0.1) is 62.6 Å². The molecule has 0 unspecified atom stereocenters. The van der Waals surface area contributed by atoms with E-state index in [4.69, 9.17) is 16.5 Å². The summed E-state index contributed by atoms with van der Waals surface area (Å²) in [5.41, 5.74) is 7.85. The van der Waals surface area contributed by atoms with Gasteiger partial charge in [-0.15, -0.1) is 11.8 Å². The number of ketones is 2. The van der Waals surface area contributed by atoms with Gasteiger partial charge >= 0.3 is 5.97 Å². The van der Waals surface area contributed by atoms with E-state index in [-0.39, 0.29) is 48.8 Å². The molecule has 1 aromatic rings. The van der Waals surface area contributed by atoms with Crippen LogP contribution in [0.2, 0.25) is 0 Å². The van der Waals surface area contributed by atoms with Crippen molar-refractivity contribution in [3.63, 3.8) is 0 Å². The molecule has 9 aliphatic rings. The Morgan fingerprint density at radius 3 is 2.41 bits per heavy atom. The van der Waals surface area contributed by atoms with Crippen molar-refractivity contribution in [2.75, 3.05) is 0 Å². The first-order chi connectivity index (χ1) is 28.7. The minimum absolute atomic E-state index is 0.0584. The third kappa shape index (κ3) is 4.65. The first-order valence-electron chi connectivity index (χ1n) is 22.3. The summed E-state index contributed by atoms with van der Waals surface area (Å²) in [6, 6.07) is 8.31. The lowest BCUT2D eigenvalue weighted by atomic mass is 9.33. The van der Waals surface area contributed by atoms with Gasteiger partial charge in [0.15, 0.2) is 11.7 Å². The molecule has 0 aromatic heterocycles. The van der Waals surface area contributed by atoms with Crippen LogP contribution in [0.1, 0.15) is 110 Å². The second kappa shape index (κ2) is 12.5. The van der Waals surface area contributed by atoms with Crippen LogP contribution in [-0.4, -0.2) is 66.8 Å². The van der Waals surface area contributed by atoms with Crippen LogP contribution < -0.4 is 11.5 Å². The van der Waals surface area contributed by atoms with Crippen molar-refractivity contribution in [1.29, 1.82) is 0 Å². The molecule has 3 saturated carbocycles. The second-order valence-electron chi connectivity index (χ2n) is 21.1. The van der Waals surface area contributed by atoms with Crippen molar-refractivity contribution in [1.82, 2.24) is 0 Å². The fourth-order valence-electron chi connectivity index (χ4n) is 16.4. The smallest absolute Gasteiger partial charge is 0.331 e. The number of allylic oxidation sites excluding steroid dienone is 2. The van der Waals surface area contributed by atoms with Crippen molar-refractivity contribution in [3.05, 3.63) is 87.6 Å². The number of carboxylic acids is 1. The van der Waals surface area contributed by atoms with Gasteiger partial charge < -0.3 is 31.9 Å². The van der Waals surface area contributed by atoms with Crippen molar-refractivity contribution in [2.45, 2.75) is 128 Å². The van der Waals surface area contributed by atoms with Gasteiger partial charge in [0.2, 0.25) is 0 Å². The number of aliphatic imine (C=N–C) groups is 1. The summed E-state index contributed by atoms with van der Waals surface area (Å²) in [5, 5.41) is 50.8. The number of benzene rings is 1. The molecule has 0 aliphatic heterocycles. The number of carbonyl (C=O) groups is 3. The van der Waals surface area contributed by atoms with Crippen LogP contribution in [0.15, 0.2) is 81.4 Å². The van der Waals surface area contributed by atoms with Crippen molar-refractivity contribution >= 4 is 29.6 Å². The number of hydrogen-bond acceptors (Lipinski definition) is 7. The number of aryl methyl sites for hydroxylation is 1. The number of nitrogens with two attached hydrogens (primary N) is 2. The van der Waals surface area contributed by atoms with E-state index in [0.29, 0.717) is 55.2 Å². The number of carbonyl (C=O) groups excluding carboxylic acids is 2. The zero-order valence-corrected chi connectivity index (χ0v) is 36.0. The molecule has 320 valence electrons. The van der Waals surface area contributed by atoms with E-state index in [1.807, 2.05) is 38.1 Å². The van der Waals surface area contributed by atoms with E-state index >= 15 is 4.79 Å². The summed E-state index contributed by atoms with van der Waals surface area (Å²) in [6.45, 7) is 9.83.